The molecule has 0 radical (unpaired) electrons. The normalized spacial score (nSPS) is 15.8. The van der Waals surface area contributed by atoms with Crippen LogP contribution >= 0.6 is 0 Å². The topological polar surface area (TPSA) is 68.2 Å². The Balaban J connectivity index is 1.99. The third-order valence-electron chi connectivity index (χ3n) is 2.98. The Labute approximate surface area is 111 Å². The van der Waals surface area contributed by atoms with E-state index in [0.717, 1.165) is 26.2 Å². The van der Waals surface area contributed by atoms with E-state index in [4.69, 9.17) is 5.26 Å². The van der Waals surface area contributed by atoms with Crippen molar-refractivity contribution in [3.8, 4) is 6.07 Å². The first-order valence-corrected chi connectivity index (χ1v) is 6.12. The van der Waals surface area contributed by atoms with Crippen molar-refractivity contribution >= 4 is 11.6 Å². The lowest BCUT2D eigenvalue weighted by Gasteiger charge is -2.26. The molecule has 100 valence electrons. The molecule has 1 heterocycles. The summed E-state index contributed by atoms with van der Waals surface area (Å²) >= 11 is 0. The van der Waals surface area contributed by atoms with Crippen molar-refractivity contribution in [2.24, 2.45) is 0 Å². The summed E-state index contributed by atoms with van der Waals surface area (Å²) in [7, 11) is 0. The molecule has 2 N–H and O–H groups in total. The predicted octanol–water partition coefficient (Wildman–Crippen LogP) is 0.541. The largest absolute Gasteiger partial charge is 0.324 e. The molecule has 0 aliphatic carbocycles. The van der Waals surface area contributed by atoms with Crippen LogP contribution in [0, 0.1) is 17.1 Å². The SMILES string of the molecule is N#Cc1c(F)cccc1NC(=O)CN1CCNCC1. The van der Waals surface area contributed by atoms with Crippen LogP contribution in [0.25, 0.3) is 0 Å². The van der Waals surface area contributed by atoms with E-state index in [2.05, 4.69) is 10.6 Å². The van der Waals surface area contributed by atoms with Crippen molar-refractivity contribution in [1.82, 2.24) is 10.2 Å². The van der Waals surface area contributed by atoms with E-state index < -0.39 is 5.82 Å². The zero-order valence-corrected chi connectivity index (χ0v) is 10.4. The van der Waals surface area contributed by atoms with E-state index >= 15 is 0 Å². The average Bonchev–Trinajstić information content (AvgIpc) is 2.40. The quantitative estimate of drug-likeness (QED) is 0.834. The minimum atomic E-state index is -0.623. The second-order valence-electron chi connectivity index (χ2n) is 4.35. The number of nitriles is 1. The fourth-order valence-electron chi connectivity index (χ4n) is 2.00. The summed E-state index contributed by atoms with van der Waals surface area (Å²) in [5.74, 6) is -0.855. The summed E-state index contributed by atoms with van der Waals surface area (Å²) in [5.41, 5.74) is 0.0961. The van der Waals surface area contributed by atoms with Gasteiger partial charge in [-0.05, 0) is 12.1 Å². The van der Waals surface area contributed by atoms with Gasteiger partial charge in [-0.15, -0.1) is 0 Å². The summed E-state index contributed by atoms with van der Waals surface area (Å²) in [4.78, 5) is 13.9. The highest BCUT2D eigenvalue weighted by Gasteiger charge is 2.15. The predicted molar refractivity (Wildman–Crippen MR) is 69.1 cm³/mol. The molecule has 2 rings (SSSR count). The van der Waals surface area contributed by atoms with Crippen LogP contribution in [-0.4, -0.2) is 43.5 Å². The maximum absolute atomic E-state index is 13.4. The van der Waals surface area contributed by atoms with Gasteiger partial charge in [-0.25, -0.2) is 4.39 Å². The Morgan fingerprint density at radius 2 is 2.21 bits per heavy atom. The number of piperazine rings is 1. The number of halogens is 1. The minimum absolute atomic E-state index is 0.129. The van der Waals surface area contributed by atoms with Crippen molar-refractivity contribution < 1.29 is 9.18 Å². The summed E-state index contributed by atoms with van der Waals surface area (Å²) < 4.78 is 13.4. The Morgan fingerprint density at radius 1 is 1.47 bits per heavy atom. The molecule has 1 aliphatic rings. The molecule has 1 saturated heterocycles. The molecule has 1 amide bonds. The Kier molecular flexibility index (Phi) is 4.44. The molecule has 1 aromatic rings. The van der Waals surface area contributed by atoms with Gasteiger partial charge in [-0.3, -0.25) is 9.69 Å². The van der Waals surface area contributed by atoms with Crippen LogP contribution in [-0.2, 0) is 4.79 Å². The molecule has 0 unspecified atom stereocenters. The molecule has 0 saturated carbocycles. The molecule has 0 aromatic heterocycles. The monoisotopic (exact) mass is 262 g/mol. The number of hydrogen-bond donors (Lipinski definition) is 2. The Bertz CT molecular complexity index is 506. The van der Waals surface area contributed by atoms with Gasteiger partial charge < -0.3 is 10.6 Å². The van der Waals surface area contributed by atoms with Gasteiger partial charge in [0.15, 0.2) is 0 Å². The molecule has 1 aliphatic heterocycles. The summed E-state index contributed by atoms with van der Waals surface area (Å²) in [6.07, 6.45) is 0. The second-order valence-corrected chi connectivity index (χ2v) is 4.35. The first kappa shape index (κ1) is 13.5. The number of nitrogens with zero attached hydrogens (tertiary/aromatic N) is 2. The zero-order valence-electron chi connectivity index (χ0n) is 10.4. The van der Waals surface area contributed by atoms with E-state index in [1.165, 1.54) is 18.2 Å². The molecule has 0 bridgehead atoms. The smallest absolute Gasteiger partial charge is 0.238 e. The number of carbonyl (C=O) groups excluding carboxylic acids is 1. The third kappa shape index (κ3) is 3.50. The molecular weight excluding hydrogens is 247 g/mol. The number of amides is 1. The van der Waals surface area contributed by atoms with Crippen LogP contribution in [0.1, 0.15) is 5.56 Å². The van der Waals surface area contributed by atoms with Crippen LogP contribution in [0.15, 0.2) is 18.2 Å². The number of hydrogen-bond acceptors (Lipinski definition) is 4. The highest BCUT2D eigenvalue weighted by molar-refractivity contribution is 5.93. The van der Waals surface area contributed by atoms with Crippen LogP contribution < -0.4 is 10.6 Å². The van der Waals surface area contributed by atoms with Gasteiger partial charge in [0.1, 0.15) is 17.4 Å². The van der Waals surface area contributed by atoms with Crippen molar-refractivity contribution in [2.75, 3.05) is 38.0 Å². The van der Waals surface area contributed by atoms with Crippen molar-refractivity contribution in [1.29, 1.82) is 5.26 Å². The van der Waals surface area contributed by atoms with E-state index in [1.54, 1.807) is 6.07 Å². The maximum atomic E-state index is 13.4. The Hall–Kier alpha value is -1.97. The summed E-state index contributed by atoms with van der Waals surface area (Å²) in [5, 5.41) is 14.7. The fourth-order valence-corrected chi connectivity index (χ4v) is 2.00. The maximum Gasteiger partial charge on any atom is 0.238 e. The number of nitrogens with one attached hydrogen (secondary N) is 2. The molecule has 1 fully saturated rings. The number of anilines is 1. The van der Waals surface area contributed by atoms with Crippen molar-refractivity contribution in [2.45, 2.75) is 0 Å². The Morgan fingerprint density at radius 3 is 2.89 bits per heavy atom. The van der Waals surface area contributed by atoms with Gasteiger partial charge in [0.2, 0.25) is 5.91 Å². The van der Waals surface area contributed by atoms with Crippen LogP contribution in [0.2, 0.25) is 0 Å². The zero-order chi connectivity index (χ0) is 13.7. The minimum Gasteiger partial charge on any atom is -0.324 e. The van der Waals surface area contributed by atoms with Crippen LogP contribution in [0.4, 0.5) is 10.1 Å². The van der Waals surface area contributed by atoms with Gasteiger partial charge in [0.05, 0.1) is 12.2 Å². The third-order valence-corrected chi connectivity index (χ3v) is 2.98. The second kappa shape index (κ2) is 6.27. The number of carbonyl (C=O) groups is 1. The summed E-state index contributed by atoms with van der Waals surface area (Å²) in [6, 6.07) is 5.95. The molecule has 0 spiro atoms. The van der Waals surface area contributed by atoms with Gasteiger partial charge in [-0.2, -0.15) is 5.26 Å². The summed E-state index contributed by atoms with van der Waals surface area (Å²) in [6.45, 7) is 3.58. The first-order chi connectivity index (χ1) is 9.20. The molecule has 5 nitrogen and oxygen atoms in total. The van der Waals surface area contributed by atoms with Gasteiger partial charge >= 0.3 is 0 Å². The highest BCUT2D eigenvalue weighted by atomic mass is 19.1. The standard InChI is InChI=1S/C13H15FN4O/c14-11-2-1-3-12(10(11)8-15)17-13(19)9-18-6-4-16-5-7-18/h1-3,16H,4-7,9H2,(H,17,19). The van der Waals surface area contributed by atoms with Gasteiger partial charge in [0, 0.05) is 26.2 Å². The van der Waals surface area contributed by atoms with Crippen LogP contribution in [0.3, 0.4) is 0 Å². The number of benzene rings is 1. The van der Waals surface area contributed by atoms with Crippen molar-refractivity contribution in [3.63, 3.8) is 0 Å². The van der Waals surface area contributed by atoms with E-state index in [-0.39, 0.29) is 23.7 Å². The first-order valence-electron chi connectivity index (χ1n) is 6.12. The average molecular weight is 262 g/mol. The van der Waals surface area contributed by atoms with E-state index in [0.29, 0.717) is 0 Å². The highest BCUT2D eigenvalue weighted by Crippen LogP contribution is 2.17. The van der Waals surface area contributed by atoms with Crippen LogP contribution in [0.5, 0.6) is 0 Å². The molecule has 0 atom stereocenters. The molecule has 6 heteroatoms. The van der Waals surface area contributed by atoms with Gasteiger partial charge in [-0.1, -0.05) is 6.07 Å². The lowest BCUT2D eigenvalue weighted by molar-refractivity contribution is -0.117. The number of rotatable bonds is 3. The van der Waals surface area contributed by atoms with E-state index in [1.807, 2.05) is 4.90 Å². The lowest BCUT2D eigenvalue weighted by Crippen LogP contribution is -2.46. The van der Waals surface area contributed by atoms with E-state index in [9.17, 15) is 9.18 Å². The van der Waals surface area contributed by atoms with Crippen molar-refractivity contribution in [3.05, 3.63) is 29.6 Å². The van der Waals surface area contributed by atoms with Gasteiger partial charge in [0.25, 0.3) is 0 Å². The molecular formula is C13H15FN4O. The molecule has 1 aromatic carbocycles. The lowest BCUT2D eigenvalue weighted by atomic mass is 10.2. The molecule has 19 heavy (non-hydrogen) atoms. The fraction of sp³-hybridized carbons (Fsp3) is 0.385.